The van der Waals surface area contributed by atoms with Gasteiger partial charge in [-0.2, -0.15) is 0 Å². The lowest BCUT2D eigenvalue weighted by molar-refractivity contribution is -0.870. The number of hydrogen-bond donors (Lipinski definition) is 1. The molecule has 0 aliphatic heterocycles. The third-order valence-electron chi connectivity index (χ3n) is 5.22. The van der Waals surface area contributed by atoms with Crippen molar-refractivity contribution in [2.45, 2.75) is 84.5 Å². The molecule has 32 heavy (non-hydrogen) atoms. The molecule has 2 atom stereocenters. The van der Waals surface area contributed by atoms with Crippen LogP contribution in [0.4, 0.5) is 4.79 Å². The number of nitrogens with zero attached hydrogens (tertiary/aromatic N) is 1. The number of phosphoric acid groups is 1. The molecule has 0 saturated heterocycles. The van der Waals surface area contributed by atoms with Crippen LogP contribution in [0.25, 0.3) is 0 Å². The summed E-state index contributed by atoms with van der Waals surface area (Å²) in [5.74, 6) is -0.184. The van der Waals surface area contributed by atoms with Gasteiger partial charge in [-0.15, -0.1) is 0 Å². The highest BCUT2D eigenvalue weighted by Crippen LogP contribution is 2.39. The minimum atomic E-state index is -4.37. The van der Waals surface area contributed by atoms with Crippen LogP contribution >= 0.6 is 7.82 Å². The smallest absolute Gasteiger partial charge is 0.407 e. The second-order valence-electron chi connectivity index (χ2n) is 9.56. The Hall–Kier alpha value is -0.660. The fourth-order valence-electron chi connectivity index (χ4n) is 3.18. The number of amides is 1. The topological polar surface area (TPSA) is 96.9 Å². The van der Waals surface area contributed by atoms with Gasteiger partial charge < -0.3 is 28.5 Å². The molecule has 9 heteroatoms. The van der Waals surface area contributed by atoms with Crippen molar-refractivity contribution in [3.63, 3.8) is 0 Å². The minimum absolute atomic E-state index is 0.0397. The summed E-state index contributed by atoms with van der Waals surface area (Å²) in [7, 11) is 1.50. The molecule has 0 saturated carbocycles. The van der Waals surface area contributed by atoms with Crippen LogP contribution in [0.3, 0.4) is 0 Å². The Morgan fingerprint density at radius 3 is 2.00 bits per heavy atom. The van der Waals surface area contributed by atoms with E-state index in [1.807, 2.05) is 28.1 Å². The monoisotopic (exact) mass is 480 g/mol. The summed E-state index contributed by atoms with van der Waals surface area (Å²) in [4.78, 5) is 23.7. The second kappa shape index (κ2) is 18.7. The number of unbranched alkanes of at least 4 members (excludes halogenated alkanes) is 9. The first kappa shape index (κ1) is 31.3. The van der Waals surface area contributed by atoms with E-state index >= 15 is 0 Å². The summed E-state index contributed by atoms with van der Waals surface area (Å²) in [5.41, 5.74) is 0. The molecule has 0 aromatic carbocycles. The predicted octanol–water partition coefficient (Wildman–Crippen LogP) is 4.87. The zero-order valence-corrected chi connectivity index (χ0v) is 22.1. The van der Waals surface area contributed by atoms with Crippen molar-refractivity contribution in [1.82, 2.24) is 5.32 Å². The minimum Gasteiger partial charge on any atom is -0.756 e. The number of ether oxygens (including phenoxy) is 1. The molecular formula is C23H49N2O6P. The molecule has 0 rings (SSSR count). The first-order valence-electron chi connectivity index (χ1n) is 12.4. The van der Waals surface area contributed by atoms with E-state index in [0.717, 1.165) is 19.3 Å². The number of hydrogen-bond acceptors (Lipinski definition) is 6. The average molecular weight is 481 g/mol. The van der Waals surface area contributed by atoms with Gasteiger partial charge >= 0.3 is 6.09 Å². The number of carbonyl (C=O) groups excluding carboxylic acids is 1. The highest BCUT2D eigenvalue weighted by atomic mass is 31.2. The van der Waals surface area contributed by atoms with Crippen molar-refractivity contribution in [3.8, 4) is 0 Å². The van der Waals surface area contributed by atoms with Crippen molar-refractivity contribution >= 4 is 13.9 Å². The molecule has 0 heterocycles. The van der Waals surface area contributed by atoms with Crippen molar-refractivity contribution in [2.75, 3.05) is 54.1 Å². The van der Waals surface area contributed by atoms with Gasteiger partial charge in [0.25, 0.3) is 7.82 Å². The molecule has 0 aliphatic carbocycles. The van der Waals surface area contributed by atoms with Crippen molar-refractivity contribution in [1.29, 1.82) is 0 Å². The number of likely N-dealkylation sites (N-methyl/N-ethyl adjacent to an activating group) is 1. The van der Waals surface area contributed by atoms with Gasteiger partial charge in [-0.1, -0.05) is 71.1 Å². The van der Waals surface area contributed by atoms with Gasteiger partial charge in [0.1, 0.15) is 13.2 Å². The van der Waals surface area contributed by atoms with Crippen LogP contribution in [-0.4, -0.2) is 64.6 Å². The molecule has 2 unspecified atom stereocenters. The van der Waals surface area contributed by atoms with Crippen LogP contribution in [0.2, 0.25) is 0 Å². The number of carbonyl (C=O) groups is 1. The van der Waals surface area contributed by atoms with E-state index in [2.05, 4.69) is 12.2 Å². The summed E-state index contributed by atoms with van der Waals surface area (Å²) in [6, 6.07) is 0. The van der Waals surface area contributed by atoms with Crippen molar-refractivity contribution in [3.05, 3.63) is 0 Å². The summed E-state index contributed by atoms with van der Waals surface area (Å²) in [5, 5.41) is 2.58. The van der Waals surface area contributed by atoms with Gasteiger partial charge in [-0.05, 0) is 13.3 Å². The molecule has 0 aromatic heterocycles. The number of quaternary nitrogens is 1. The van der Waals surface area contributed by atoms with E-state index in [4.69, 9.17) is 13.8 Å². The number of nitrogens with one attached hydrogen (secondary N) is 1. The van der Waals surface area contributed by atoms with Crippen LogP contribution in [0, 0.1) is 5.92 Å². The van der Waals surface area contributed by atoms with Gasteiger partial charge in [-0.25, -0.2) is 4.79 Å². The van der Waals surface area contributed by atoms with Crippen LogP contribution in [0.1, 0.15) is 84.5 Å². The molecule has 0 aromatic rings. The number of rotatable bonds is 21. The number of phosphoric ester groups is 1. The molecule has 0 spiro atoms. The summed E-state index contributed by atoms with van der Waals surface area (Å²) in [6.45, 7) is 5.24. The maximum absolute atomic E-state index is 12.1. The van der Waals surface area contributed by atoms with Crippen LogP contribution in [0.15, 0.2) is 0 Å². The van der Waals surface area contributed by atoms with E-state index in [9.17, 15) is 14.3 Å². The maximum Gasteiger partial charge on any atom is 0.407 e. The summed E-state index contributed by atoms with van der Waals surface area (Å²) >= 11 is 0. The molecule has 8 nitrogen and oxygen atoms in total. The quantitative estimate of drug-likeness (QED) is 0.143. The molecule has 1 N–H and O–H groups in total. The van der Waals surface area contributed by atoms with Gasteiger partial charge in [0.05, 0.1) is 34.4 Å². The molecule has 192 valence electrons. The molecule has 0 aliphatic rings. The van der Waals surface area contributed by atoms with E-state index in [1.54, 1.807) is 0 Å². The summed E-state index contributed by atoms with van der Waals surface area (Å²) in [6.07, 6.45) is 12.6. The van der Waals surface area contributed by atoms with Crippen molar-refractivity contribution < 1.29 is 32.5 Å². The highest BCUT2D eigenvalue weighted by Gasteiger charge is 2.18. The lowest BCUT2D eigenvalue weighted by Crippen LogP contribution is -2.37. The van der Waals surface area contributed by atoms with Gasteiger partial charge in [0, 0.05) is 12.5 Å². The Kier molecular flexibility index (Phi) is 18.3. The SMILES string of the molecule is CCCCCCCCCCCCC(COC(=O)NCC)COP(=O)([O-])OCC[N+](C)(C)C. The fraction of sp³-hybridized carbons (Fsp3) is 0.957. The van der Waals surface area contributed by atoms with E-state index in [1.165, 1.54) is 51.4 Å². The van der Waals surface area contributed by atoms with E-state index in [0.29, 0.717) is 17.6 Å². The van der Waals surface area contributed by atoms with Crippen LogP contribution in [0.5, 0.6) is 0 Å². The highest BCUT2D eigenvalue weighted by molar-refractivity contribution is 7.45. The fourth-order valence-corrected chi connectivity index (χ4v) is 3.96. The maximum atomic E-state index is 12.1. The molecule has 0 bridgehead atoms. The Morgan fingerprint density at radius 2 is 1.47 bits per heavy atom. The zero-order valence-electron chi connectivity index (χ0n) is 21.2. The Morgan fingerprint density at radius 1 is 0.906 bits per heavy atom. The summed E-state index contributed by atoms with van der Waals surface area (Å²) < 4.78 is 27.9. The second-order valence-corrected chi connectivity index (χ2v) is 11.0. The first-order valence-corrected chi connectivity index (χ1v) is 13.9. The van der Waals surface area contributed by atoms with Crippen LogP contribution in [-0.2, 0) is 18.3 Å². The van der Waals surface area contributed by atoms with Crippen LogP contribution < -0.4 is 10.2 Å². The predicted molar refractivity (Wildman–Crippen MR) is 127 cm³/mol. The lowest BCUT2D eigenvalue weighted by Gasteiger charge is -2.28. The first-order chi connectivity index (χ1) is 15.1. The Balaban J connectivity index is 4.26. The number of alkyl carbamates (subject to hydrolysis) is 1. The average Bonchev–Trinajstić information content (AvgIpc) is 2.69. The Labute approximate surface area is 196 Å². The van der Waals surface area contributed by atoms with E-state index in [-0.39, 0.29) is 25.7 Å². The molecular weight excluding hydrogens is 431 g/mol. The zero-order chi connectivity index (χ0) is 24.3. The Bertz CT molecular complexity index is 513. The molecule has 1 amide bonds. The van der Waals surface area contributed by atoms with Gasteiger partial charge in [-0.3, -0.25) is 4.57 Å². The third-order valence-corrected chi connectivity index (χ3v) is 6.18. The molecule has 0 radical (unpaired) electrons. The third kappa shape index (κ3) is 21.2. The van der Waals surface area contributed by atoms with Crippen molar-refractivity contribution in [2.24, 2.45) is 5.92 Å². The van der Waals surface area contributed by atoms with Gasteiger partial charge in [0.2, 0.25) is 0 Å². The normalized spacial score (nSPS) is 14.7. The largest absolute Gasteiger partial charge is 0.756 e. The lowest BCUT2D eigenvalue weighted by atomic mass is 10.0. The molecule has 0 fully saturated rings. The van der Waals surface area contributed by atoms with E-state index < -0.39 is 13.9 Å². The standard InChI is InChI=1S/C23H49N2O6P/c1-6-8-9-10-11-12-13-14-15-16-17-22(20-29-23(26)24-7-2)21-31-32(27,28)30-19-18-25(3,4)5/h22H,6-21H2,1-5H3,(H-,24,26,27,28). The van der Waals surface area contributed by atoms with Gasteiger partial charge in [0.15, 0.2) is 0 Å².